The molecule has 21 aromatic rings. The van der Waals surface area contributed by atoms with E-state index in [0.717, 1.165) is 127 Å². The third kappa shape index (κ3) is 8.83. The monoisotopic (exact) mass is 1380 g/mol. The van der Waals surface area contributed by atoms with Crippen molar-refractivity contribution in [3.05, 3.63) is 331 Å². The van der Waals surface area contributed by atoms with Crippen molar-refractivity contribution in [2.75, 3.05) is 0 Å². The molecule has 502 valence electrons. The topological polar surface area (TPSA) is 166 Å². The number of carbonyl (C=O) groups excluding carboxylic acids is 1. The van der Waals surface area contributed by atoms with Crippen LogP contribution in [0.4, 0.5) is 0 Å². The number of imidazole rings is 2. The summed E-state index contributed by atoms with van der Waals surface area (Å²) in [5.41, 5.74) is 16.5. The summed E-state index contributed by atoms with van der Waals surface area (Å²) in [4.78, 5) is 72.9. The molecule has 1 aliphatic rings. The lowest BCUT2D eigenvalue weighted by Gasteiger charge is -2.31. The van der Waals surface area contributed by atoms with Crippen LogP contribution in [-0.2, 0) is 5.41 Å². The molecule has 1 aliphatic heterocycles. The van der Waals surface area contributed by atoms with Crippen molar-refractivity contribution in [2.45, 2.75) is 19.3 Å². The molecule has 16 nitrogen and oxygen atoms in total. The Bertz CT molecular complexity index is 7400. The van der Waals surface area contributed by atoms with Crippen molar-refractivity contribution in [2.24, 2.45) is 0 Å². The molecular formula is C91H56N14O2. The number of fused-ring (bicyclic) bond motifs is 19. The van der Waals surface area contributed by atoms with Gasteiger partial charge in [0, 0.05) is 76.9 Å². The highest BCUT2D eigenvalue weighted by Crippen LogP contribution is 2.45. The van der Waals surface area contributed by atoms with E-state index in [-0.39, 0.29) is 11.5 Å². The Hall–Kier alpha value is -14.6. The first-order chi connectivity index (χ1) is 52.7. The predicted molar refractivity (Wildman–Crippen MR) is 424 cm³/mol. The zero-order valence-corrected chi connectivity index (χ0v) is 57.4. The van der Waals surface area contributed by atoms with Gasteiger partial charge in [0.2, 0.25) is 17.7 Å². The van der Waals surface area contributed by atoms with Crippen LogP contribution in [0.1, 0.15) is 35.6 Å². The van der Waals surface area contributed by atoms with E-state index in [4.69, 9.17) is 39.9 Å². The van der Waals surface area contributed by atoms with Crippen LogP contribution >= 0.6 is 0 Å². The quantitative estimate of drug-likeness (QED) is 0.136. The molecular weight excluding hydrogens is 1320 g/mol. The van der Waals surface area contributed by atoms with Crippen LogP contribution in [0.5, 0.6) is 0 Å². The number of hydrogen-bond donors (Lipinski definition) is 0. The second kappa shape index (κ2) is 22.7. The number of rotatable bonds is 9. The fourth-order valence-electron chi connectivity index (χ4n) is 16.6. The summed E-state index contributed by atoms with van der Waals surface area (Å²) < 4.78 is 12.2. The molecule has 22 rings (SSSR count). The third-order valence-corrected chi connectivity index (χ3v) is 21.5. The Labute approximate surface area is 608 Å². The van der Waals surface area contributed by atoms with Crippen molar-refractivity contribution in [3.63, 3.8) is 0 Å². The predicted octanol–water partition coefficient (Wildman–Crippen LogP) is 19.5. The lowest BCUT2D eigenvalue weighted by molar-refractivity contribution is 0.0948. The highest BCUT2D eigenvalue weighted by molar-refractivity contribution is 6.21. The van der Waals surface area contributed by atoms with Gasteiger partial charge in [0.25, 0.3) is 11.5 Å². The fourth-order valence-corrected chi connectivity index (χ4v) is 16.6. The summed E-state index contributed by atoms with van der Waals surface area (Å²) in [6, 6.07) is 102. The van der Waals surface area contributed by atoms with Crippen LogP contribution in [0.15, 0.2) is 308 Å². The lowest BCUT2D eigenvalue weighted by atomic mass is 9.78. The zero-order chi connectivity index (χ0) is 70.9. The van der Waals surface area contributed by atoms with E-state index in [1.807, 2.05) is 193 Å². The van der Waals surface area contributed by atoms with Gasteiger partial charge in [0.05, 0.1) is 55.0 Å². The molecule has 0 atom stereocenters. The zero-order valence-electron chi connectivity index (χ0n) is 57.4. The molecule has 0 radical (unpaired) electrons. The van der Waals surface area contributed by atoms with Crippen molar-refractivity contribution in [1.29, 1.82) is 0 Å². The summed E-state index contributed by atoms with van der Waals surface area (Å²) in [7, 11) is 0. The van der Waals surface area contributed by atoms with Gasteiger partial charge in [-0.25, -0.2) is 24.3 Å². The summed E-state index contributed by atoms with van der Waals surface area (Å²) in [6.07, 6.45) is 0. The Balaban J connectivity index is 0.703. The Morgan fingerprint density at radius 2 is 0.748 bits per heavy atom. The number of nitrogens with zero attached hydrogens (tertiary/aromatic N) is 14. The first-order valence-corrected chi connectivity index (χ1v) is 35.6. The maximum atomic E-state index is 15.7. The molecule has 0 fully saturated rings. The van der Waals surface area contributed by atoms with Gasteiger partial charge < -0.3 is 4.57 Å². The molecule has 9 heterocycles. The highest BCUT2D eigenvalue weighted by atomic mass is 16.2. The number of hydrogen-bond acceptors (Lipinski definition) is 10. The van der Waals surface area contributed by atoms with Crippen LogP contribution in [0, 0.1) is 0 Å². The molecule has 0 amide bonds. The highest BCUT2D eigenvalue weighted by Gasteiger charge is 2.40. The summed E-state index contributed by atoms with van der Waals surface area (Å²) in [5.74, 6) is 3.96. The van der Waals surface area contributed by atoms with Gasteiger partial charge in [-0.2, -0.15) is 19.9 Å². The largest absolute Gasteiger partial charge is 0.307 e. The standard InChI is InChI=1S/C91H56N14O2/c1-91(2)69-38-19-15-37-66(69)85(106)104-74-48-45-64-61-34-16-20-39-70(61)100(79(64)77(74)92-87(91)104)60-43-47-73-68(52-60)63-36-18-21-40-71(63)102(73)88-96-83(55-28-11-5-12-29-55)95-84(99-88)58-31-23-30-56(50-58)57-42-44-67-76(51-57)101(59-32-13-6-14-33-59)90-93-78-75(105(90)86(67)107)49-46-65-62-35-17-22-41-72(62)103(80(65)78)89-97-81(53-24-7-3-8-25-53)94-82(98-89)54-26-9-4-10-27-54/h3-52H,1-2H3. The van der Waals surface area contributed by atoms with E-state index < -0.39 is 5.41 Å². The van der Waals surface area contributed by atoms with Crippen molar-refractivity contribution < 1.29 is 4.79 Å². The van der Waals surface area contributed by atoms with Gasteiger partial charge >= 0.3 is 0 Å². The average Bonchev–Trinajstić information content (AvgIpc) is 1.55. The van der Waals surface area contributed by atoms with Gasteiger partial charge in [-0.05, 0) is 128 Å². The van der Waals surface area contributed by atoms with E-state index in [1.165, 1.54) is 0 Å². The number of benzene rings is 13. The summed E-state index contributed by atoms with van der Waals surface area (Å²) in [5, 5.41) is 6.55. The maximum Gasteiger partial charge on any atom is 0.267 e. The number of carbonyl (C=O) groups is 1. The molecule has 0 saturated heterocycles. The third-order valence-electron chi connectivity index (χ3n) is 21.5. The minimum Gasteiger partial charge on any atom is -0.307 e. The average molecular weight is 1380 g/mol. The normalized spacial score (nSPS) is 12.9. The second-order valence-corrected chi connectivity index (χ2v) is 27.9. The maximum absolute atomic E-state index is 15.7. The van der Waals surface area contributed by atoms with Gasteiger partial charge in [0.1, 0.15) is 16.9 Å². The summed E-state index contributed by atoms with van der Waals surface area (Å²) >= 11 is 0. The van der Waals surface area contributed by atoms with E-state index in [9.17, 15) is 4.79 Å². The van der Waals surface area contributed by atoms with E-state index in [1.54, 1.807) is 4.40 Å². The minimum atomic E-state index is -0.545. The summed E-state index contributed by atoms with van der Waals surface area (Å²) in [6.45, 7) is 4.31. The van der Waals surface area contributed by atoms with Crippen LogP contribution in [0.2, 0.25) is 0 Å². The molecule has 0 aliphatic carbocycles. The minimum absolute atomic E-state index is 0.0781. The van der Waals surface area contributed by atoms with Crippen LogP contribution < -0.4 is 5.56 Å². The number of para-hydroxylation sites is 4. The SMILES string of the molecule is CC1(C)c2ccccc2C(=O)n2c1nc1c2ccc2c3ccccc3n(-c3ccc4c(c3)c3ccccc3n4-c3nc(-c4ccccc4)nc(-c4cccc(-c5ccc6c(=O)n7c8ccc9c%10ccccc%10n(-c%10nc(-c%11ccccc%11)nc(-c%11ccccc%11)n%10)c9c8nc7n(-c7ccccc7)c6c5)c4)n3)c21. The van der Waals surface area contributed by atoms with Gasteiger partial charge in [-0.15, -0.1) is 0 Å². The molecule has 107 heavy (non-hydrogen) atoms. The van der Waals surface area contributed by atoms with Crippen molar-refractivity contribution in [3.8, 4) is 79.9 Å². The van der Waals surface area contributed by atoms with E-state index in [2.05, 4.69) is 147 Å². The van der Waals surface area contributed by atoms with Crippen molar-refractivity contribution >= 4 is 110 Å². The van der Waals surface area contributed by atoms with E-state index >= 15 is 4.79 Å². The Kier molecular flexibility index (Phi) is 12.7. The molecule has 0 saturated carbocycles. The molecule has 0 unspecified atom stereocenters. The van der Waals surface area contributed by atoms with E-state index in [0.29, 0.717) is 74.3 Å². The molecule has 13 aromatic carbocycles. The first-order valence-electron chi connectivity index (χ1n) is 35.6. The molecule has 8 aromatic heterocycles. The van der Waals surface area contributed by atoms with Gasteiger partial charge in [-0.3, -0.25) is 27.9 Å². The van der Waals surface area contributed by atoms with Crippen LogP contribution in [0.25, 0.3) is 184 Å². The van der Waals surface area contributed by atoms with Gasteiger partial charge in [0.15, 0.2) is 23.3 Å². The lowest BCUT2D eigenvalue weighted by Crippen LogP contribution is -2.35. The fraction of sp³-hybridized carbons (Fsp3) is 0.0330. The van der Waals surface area contributed by atoms with Gasteiger partial charge in [-0.1, -0.05) is 206 Å². The van der Waals surface area contributed by atoms with Crippen LogP contribution in [-0.4, -0.2) is 73.0 Å². The molecule has 0 spiro atoms. The Morgan fingerprint density at radius 3 is 1.39 bits per heavy atom. The molecule has 0 bridgehead atoms. The Morgan fingerprint density at radius 1 is 0.280 bits per heavy atom. The van der Waals surface area contributed by atoms with Crippen molar-refractivity contribution in [1.82, 2.24) is 67.1 Å². The smallest absolute Gasteiger partial charge is 0.267 e. The molecule has 0 N–H and O–H groups in total. The number of aromatic nitrogens is 14. The first kappa shape index (κ1) is 60.0. The van der Waals surface area contributed by atoms with Crippen LogP contribution in [0.3, 0.4) is 0 Å². The second-order valence-electron chi connectivity index (χ2n) is 27.9. The molecule has 16 heteroatoms.